The van der Waals surface area contributed by atoms with Crippen molar-refractivity contribution < 1.29 is 19.3 Å². The molecule has 2 aromatic carbocycles. The van der Waals surface area contributed by atoms with Gasteiger partial charge in [0.05, 0.1) is 20.8 Å². The van der Waals surface area contributed by atoms with Crippen molar-refractivity contribution in [3.63, 3.8) is 0 Å². The summed E-state index contributed by atoms with van der Waals surface area (Å²) in [6.07, 6.45) is 0.833. The maximum absolute atomic E-state index is 10.4. The molecule has 3 rings (SSSR count). The SMILES string of the molecule is COc1ccc(C2COc3ccccc3C2)c(O)c1OC. The van der Waals surface area contributed by atoms with Crippen molar-refractivity contribution in [3.8, 4) is 23.0 Å². The number of rotatable bonds is 3. The van der Waals surface area contributed by atoms with Crippen LogP contribution in [-0.2, 0) is 6.42 Å². The highest BCUT2D eigenvalue weighted by Gasteiger charge is 2.26. The summed E-state index contributed by atoms with van der Waals surface area (Å²) >= 11 is 0. The van der Waals surface area contributed by atoms with Crippen molar-refractivity contribution in [3.05, 3.63) is 47.5 Å². The minimum absolute atomic E-state index is 0.0970. The van der Waals surface area contributed by atoms with E-state index in [1.165, 1.54) is 7.11 Å². The first-order chi connectivity index (χ1) is 10.2. The maximum Gasteiger partial charge on any atom is 0.203 e. The molecule has 2 aromatic rings. The number of benzene rings is 2. The van der Waals surface area contributed by atoms with Crippen LogP contribution in [0.1, 0.15) is 17.0 Å². The molecule has 0 fully saturated rings. The number of ether oxygens (including phenoxy) is 3. The number of aromatic hydroxyl groups is 1. The summed E-state index contributed by atoms with van der Waals surface area (Å²) in [7, 11) is 3.07. The molecule has 4 heteroatoms. The molecular weight excluding hydrogens is 268 g/mol. The lowest BCUT2D eigenvalue weighted by Crippen LogP contribution is -2.19. The van der Waals surface area contributed by atoms with Crippen molar-refractivity contribution in [2.75, 3.05) is 20.8 Å². The van der Waals surface area contributed by atoms with E-state index in [0.717, 1.165) is 23.3 Å². The Morgan fingerprint density at radius 2 is 1.90 bits per heavy atom. The highest BCUT2D eigenvalue weighted by Crippen LogP contribution is 2.44. The minimum Gasteiger partial charge on any atom is -0.504 e. The number of para-hydroxylation sites is 1. The molecule has 0 radical (unpaired) electrons. The van der Waals surface area contributed by atoms with Crippen molar-refractivity contribution in [1.82, 2.24) is 0 Å². The zero-order valence-electron chi connectivity index (χ0n) is 12.1. The Morgan fingerprint density at radius 3 is 2.67 bits per heavy atom. The second-order valence-electron chi connectivity index (χ2n) is 5.06. The van der Waals surface area contributed by atoms with Gasteiger partial charge < -0.3 is 19.3 Å². The van der Waals surface area contributed by atoms with Gasteiger partial charge >= 0.3 is 0 Å². The number of methoxy groups -OCH3 is 2. The molecule has 0 saturated carbocycles. The summed E-state index contributed by atoms with van der Waals surface area (Å²) in [5.74, 6) is 2.04. The first-order valence-electron chi connectivity index (χ1n) is 6.89. The van der Waals surface area contributed by atoms with E-state index in [4.69, 9.17) is 14.2 Å². The van der Waals surface area contributed by atoms with Crippen LogP contribution in [0.5, 0.6) is 23.0 Å². The molecule has 0 bridgehead atoms. The zero-order valence-corrected chi connectivity index (χ0v) is 12.1. The van der Waals surface area contributed by atoms with Crippen LogP contribution in [0.3, 0.4) is 0 Å². The zero-order chi connectivity index (χ0) is 14.8. The van der Waals surface area contributed by atoms with Crippen molar-refractivity contribution in [2.45, 2.75) is 12.3 Å². The molecule has 0 spiro atoms. The minimum atomic E-state index is 0.0970. The fourth-order valence-corrected chi connectivity index (χ4v) is 2.78. The number of hydrogen-bond donors (Lipinski definition) is 1. The first kappa shape index (κ1) is 13.6. The van der Waals surface area contributed by atoms with E-state index in [1.807, 2.05) is 30.3 Å². The third-order valence-corrected chi connectivity index (χ3v) is 3.87. The largest absolute Gasteiger partial charge is 0.504 e. The second-order valence-corrected chi connectivity index (χ2v) is 5.06. The molecule has 1 aliphatic heterocycles. The highest BCUT2D eigenvalue weighted by molar-refractivity contribution is 5.56. The number of hydrogen-bond acceptors (Lipinski definition) is 4. The van der Waals surface area contributed by atoms with Crippen LogP contribution in [0.15, 0.2) is 36.4 Å². The monoisotopic (exact) mass is 286 g/mol. The smallest absolute Gasteiger partial charge is 0.203 e. The summed E-state index contributed by atoms with van der Waals surface area (Å²) in [6.45, 7) is 0.542. The number of fused-ring (bicyclic) bond motifs is 1. The van der Waals surface area contributed by atoms with Gasteiger partial charge in [0.2, 0.25) is 5.75 Å². The molecule has 0 amide bonds. The van der Waals surface area contributed by atoms with Gasteiger partial charge in [0.15, 0.2) is 11.5 Å². The van der Waals surface area contributed by atoms with Gasteiger partial charge in [0.1, 0.15) is 5.75 Å². The Labute approximate surface area is 123 Å². The van der Waals surface area contributed by atoms with E-state index in [9.17, 15) is 5.11 Å². The van der Waals surface area contributed by atoms with E-state index in [0.29, 0.717) is 18.1 Å². The molecule has 110 valence electrons. The Morgan fingerprint density at radius 1 is 1.10 bits per heavy atom. The summed E-state index contributed by atoms with van der Waals surface area (Å²) in [5, 5.41) is 10.4. The molecule has 4 nitrogen and oxygen atoms in total. The summed E-state index contributed by atoms with van der Waals surface area (Å²) < 4.78 is 16.2. The Bertz CT molecular complexity index is 651. The van der Waals surface area contributed by atoms with Crippen LogP contribution < -0.4 is 14.2 Å². The summed E-state index contributed by atoms with van der Waals surface area (Å²) in [5.41, 5.74) is 1.98. The number of phenols is 1. The Balaban J connectivity index is 1.95. The Kier molecular flexibility index (Phi) is 3.60. The standard InChI is InChI=1S/C17H18O4/c1-19-15-8-7-13(16(18)17(15)20-2)12-9-11-5-3-4-6-14(11)21-10-12/h3-8,12,18H,9-10H2,1-2H3. The van der Waals surface area contributed by atoms with Crippen molar-refractivity contribution >= 4 is 0 Å². The lowest BCUT2D eigenvalue weighted by molar-refractivity contribution is 0.257. The molecule has 0 saturated heterocycles. The normalized spacial score (nSPS) is 16.8. The fourth-order valence-electron chi connectivity index (χ4n) is 2.78. The average molecular weight is 286 g/mol. The van der Waals surface area contributed by atoms with Gasteiger partial charge in [0.25, 0.3) is 0 Å². The third-order valence-electron chi connectivity index (χ3n) is 3.87. The molecule has 1 N–H and O–H groups in total. The van der Waals surface area contributed by atoms with Crippen molar-refractivity contribution in [2.24, 2.45) is 0 Å². The van der Waals surface area contributed by atoms with Crippen LogP contribution in [0.2, 0.25) is 0 Å². The molecule has 1 heterocycles. The molecule has 0 aliphatic carbocycles. The van der Waals surface area contributed by atoms with E-state index in [-0.39, 0.29) is 11.7 Å². The first-order valence-corrected chi connectivity index (χ1v) is 6.89. The van der Waals surface area contributed by atoms with E-state index >= 15 is 0 Å². The molecule has 1 aliphatic rings. The van der Waals surface area contributed by atoms with Gasteiger partial charge in [0, 0.05) is 11.5 Å². The Hall–Kier alpha value is -2.36. The molecule has 1 unspecified atom stereocenters. The molecular formula is C17H18O4. The van der Waals surface area contributed by atoms with Crippen LogP contribution in [0.4, 0.5) is 0 Å². The fraction of sp³-hybridized carbons (Fsp3) is 0.294. The van der Waals surface area contributed by atoms with E-state index < -0.39 is 0 Å². The second kappa shape index (κ2) is 5.56. The molecule has 1 atom stereocenters. The van der Waals surface area contributed by atoms with Crippen LogP contribution in [0, 0.1) is 0 Å². The van der Waals surface area contributed by atoms with Gasteiger partial charge in [-0.25, -0.2) is 0 Å². The number of phenolic OH excluding ortho intramolecular Hbond substituents is 1. The van der Waals surface area contributed by atoms with Crippen molar-refractivity contribution in [1.29, 1.82) is 0 Å². The van der Waals surface area contributed by atoms with Gasteiger partial charge in [-0.15, -0.1) is 0 Å². The lowest BCUT2D eigenvalue weighted by atomic mass is 9.89. The van der Waals surface area contributed by atoms with E-state index in [2.05, 4.69) is 6.07 Å². The summed E-state index contributed by atoms with van der Waals surface area (Å²) in [6, 6.07) is 11.7. The van der Waals surface area contributed by atoms with Gasteiger partial charge in [-0.1, -0.05) is 24.3 Å². The predicted octanol–water partition coefficient (Wildman–Crippen LogP) is 3.13. The quantitative estimate of drug-likeness (QED) is 0.941. The lowest BCUT2D eigenvalue weighted by Gasteiger charge is -2.26. The third kappa shape index (κ3) is 2.37. The van der Waals surface area contributed by atoms with Crippen LogP contribution in [-0.4, -0.2) is 25.9 Å². The molecule has 21 heavy (non-hydrogen) atoms. The van der Waals surface area contributed by atoms with Crippen LogP contribution in [0.25, 0.3) is 0 Å². The molecule has 0 aromatic heterocycles. The maximum atomic E-state index is 10.4. The van der Waals surface area contributed by atoms with Gasteiger partial charge in [-0.05, 0) is 24.1 Å². The van der Waals surface area contributed by atoms with Gasteiger partial charge in [-0.2, -0.15) is 0 Å². The predicted molar refractivity (Wildman–Crippen MR) is 79.6 cm³/mol. The van der Waals surface area contributed by atoms with E-state index in [1.54, 1.807) is 7.11 Å². The topological polar surface area (TPSA) is 47.9 Å². The highest BCUT2D eigenvalue weighted by atomic mass is 16.5. The van der Waals surface area contributed by atoms with Crippen LogP contribution >= 0.6 is 0 Å². The summed E-state index contributed by atoms with van der Waals surface area (Å²) in [4.78, 5) is 0. The van der Waals surface area contributed by atoms with Gasteiger partial charge in [-0.3, -0.25) is 0 Å². The average Bonchev–Trinajstić information content (AvgIpc) is 2.54.